The normalized spacial score (nSPS) is 11.8. The van der Waals surface area contributed by atoms with Gasteiger partial charge < -0.3 is 25.1 Å². The lowest BCUT2D eigenvalue weighted by molar-refractivity contribution is -0.116. The largest absolute Gasteiger partial charge is 0.492 e. The molecule has 0 radical (unpaired) electrons. The van der Waals surface area contributed by atoms with Crippen molar-refractivity contribution in [1.82, 2.24) is 5.32 Å². The maximum atomic E-state index is 13.3. The molecule has 0 saturated heterocycles. The zero-order chi connectivity index (χ0) is 29.0. The highest BCUT2D eigenvalue weighted by Crippen LogP contribution is 2.30. The van der Waals surface area contributed by atoms with Crippen LogP contribution < -0.4 is 20.7 Å². The second-order valence-corrected chi connectivity index (χ2v) is 10.1. The molecular weight excluding hydrogens is 538 g/mol. The molecule has 4 rings (SSSR count). The third kappa shape index (κ3) is 8.36. The Labute approximate surface area is 243 Å². The van der Waals surface area contributed by atoms with Gasteiger partial charge in [-0.3, -0.25) is 14.4 Å². The lowest BCUT2D eigenvalue weighted by Gasteiger charge is -2.17. The van der Waals surface area contributed by atoms with Gasteiger partial charge in [-0.25, -0.2) is 0 Å². The fourth-order valence-corrected chi connectivity index (χ4v) is 4.87. The van der Waals surface area contributed by atoms with E-state index in [1.807, 2.05) is 38.1 Å². The number of hydrogen-bond donors (Lipinski definition) is 3. The van der Waals surface area contributed by atoms with Crippen LogP contribution in [0.15, 0.2) is 112 Å². The van der Waals surface area contributed by atoms with Crippen molar-refractivity contribution in [1.29, 1.82) is 0 Å². The highest BCUT2D eigenvalue weighted by atomic mass is 32.2. The van der Waals surface area contributed by atoms with Gasteiger partial charge in [-0.2, -0.15) is 0 Å². The van der Waals surface area contributed by atoms with E-state index in [1.165, 1.54) is 24.1 Å². The zero-order valence-electron chi connectivity index (χ0n) is 22.8. The van der Waals surface area contributed by atoms with Crippen LogP contribution >= 0.6 is 11.8 Å². The standard InChI is InChI=1S/C32H31N3O5S/c1-3-29(32(38)34-26-17-8-9-18-28(26)39-4-2)41-25-16-10-14-23(20-25)33-31(37)27(21-24-15-11-19-40-24)35-30(36)22-12-6-5-7-13-22/h5-21,29H,3-4H2,1-2H3,(H,33,37)(H,34,38)(H,35,36)/b27-21-. The summed E-state index contributed by atoms with van der Waals surface area (Å²) in [5, 5.41) is 8.11. The molecule has 4 aromatic rings. The molecule has 3 aromatic carbocycles. The van der Waals surface area contributed by atoms with Gasteiger partial charge in [-0.05, 0) is 67.9 Å². The van der Waals surface area contributed by atoms with Gasteiger partial charge in [0, 0.05) is 22.2 Å². The molecule has 1 atom stereocenters. The van der Waals surface area contributed by atoms with Crippen LogP contribution in [0, 0.1) is 0 Å². The lowest BCUT2D eigenvalue weighted by Crippen LogP contribution is -2.30. The first kappa shape index (κ1) is 29.2. The molecule has 3 amide bonds. The highest BCUT2D eigenvalue weighted by Gasteiger charge is 2.20. The van der Waals surface area contributed by atoms with E-state index < -0.39 is 11.8 Å². The Balaban J connectivity index is 1.46. The Morgan fingerprint density at radius 1 is 0.902 bits per heavy atom. The number of ether oxygens (including phenoxy) is 1. The number of para-hydroxylation sites is 2. The van der Waals surface area contributed by atoms with Crippen LogP contribution in [-0.2, 0) is 9.59 Å². The van der Waals surface area contributed by atoms with E-state index in [2.05, 4.69) is 16.0 Å². The molecule has 1 heterocycles. The van der Waals surface area contributed by atoms with E-state index in [9.17, 15) is 14.4 Å². The number of benzene rings is 3. The van der Waals surface area contributed by atoms with Crippen LogP contribution in [0.25, 0.3) is 6.08 Å². The third-order valence-electron chi connectivity index (χ3n) is 5.84. The summed E-state index contributed by atoms with van der Waals surface area (Å²) in [6, 6.07) is 26.5. The van der Waals surface area contributed by atoms with Gasteiger partial charge in [0.1, 0.15) is 17.2 Å². The summed E-state index contributed by atoms with van der Waals surface area (Å²) < 4.78 is 11.0. The summed E-state index contributed by atoms with van der Waals surface area (Å²) in [7, 11) is 0. The van der Waals surface area contributed by atoms with Gasteiger partial charge in [0.25, 0.3) is 11.8 Å². The topological polar surface area (TPSA) is 110 Å². The van der Waals surface area contributed by atoms with Gasteiger partial charge in [-0.15, -0.1) is 11.8 Å². The Morgan fingerprint density at radius 2 is 1.68 bits per heavy atom. The average molecular weight is 570 g/mol. The second kappa shape index (κ2) is 14.6. The smallest absolute Gasteiger partial charge is 0.272 e. The highest BCUT2D eigenvalue weighted by molar-refractivity contribution is 8.00. The molecule has 1 unspecified atom stereocenters. The van der Waals surface area contributed by atoms with E-state index in [0.29, 0.717) is 41.5 Å². The number of carbonyl (C=O) groups excluding carboxylic acids is 3. The van der Waals surface area contributed by atoms with E-state index in [-0.39, 0.29) is 16.9 Å². The average Bonchev–Trinajstić information content (AvgIpc) is 3.50. The van der Waals surface area contributed by atoms with Crippen LogP contribution in [0.4, 0.5) is 11.4 Å². The summed E-state index contributed by atoms with van der Waals surface area (Å²) in [6.07, 6.45) is 3.54. The molecule has 1 aromatic heterocycles. The van der Waals surface area contributed by atoms with Crippen molar-refractivity contribution < 1.29 is 23.5 Å². The molecule has 41 heavy (non-hydrogen) atoms. The molecule has 0 fully saturated rings. The summed E-state index contributed by atoms with van der Waals surface area (Å²) in [6.45, 7) is 4.33. The van der Waals surface area contributed by atoms with Crippen LogP contribution in [0.2, 0.25) is 0 Å². The van der Waals surface area contributed by atoms with Crippen molar-refractivity contribution in [3.05, 3.63) is 114 Å². The molecule has 0 saturated carbocycles. The number of hydrogen-bond acceptors (Lipinski definition) is 6. The molecule has 0 aliphatic rings. The molecule has 0 bridgehead atoms. The summed E-state index contributed by atoms with van der Waals surface area (Å²) in [4.78, 5) is 40.0. The van der Waals surface area contributed by atoms with E-state index in [0.717, 1.165) is 4.90 Å². The van der Waals surface area contributed by atoms with Crippen LogP contribution in [0.1, 0.15) is 36.4 Å². The predicted molar refractivity (Wildman–Crippen MR) is 162 cm³/mol. The van der Waals surface area contributed by atoms with E-state index in [4.69, 9.17) is 9.15 Å². The third-order valence-corrected chi connectivity index (χ3v) is 7.19. The first-order valence-electron chi connectivity index (χ1n) is 13.2. The van der Waals surface area contributed by atoms with E-state index >= 15 is 0 Å². The van der Waals surface area contributed by atoms with Gasteiger partial charge in [-0.1, -0.05) is 43.3 Å². The SMILES string of the molecule is CCOc1ccccc1NC(=O)C(CC)Sc1cccc(NC(=O)/C(=C/c2ccco2)NC(=O)c2ccccc2)c1. The number of nitrogens with one attached hydrogen (secondary N) is 3. The molecule has 8 nitrogen and oxygen atoms in total. The molecule has 210 valence electrons. The number of rotatable bonds is 12. The number of anilines is 2. The molecule has 0 aliphatic carbocycles. The van der Waals surface area contributed by atoms with Gasteiger partial charge in [0.2, 0.25) is 5.91 Å². The Morgan fingerprint density at radius 3 is 2.41 bits per heavy atom. The molecule has 0 spiro atoms. The monoisotopic (exact) mass is 569 g/mol. The molecular formula is C32H31N3O5S. The summed E-state index contributed by atoms with van der Waals surface area (Å²) >= 11 is 1.39. The fraction of sp³-hybridized carbons (Fsp3) is 0.156. The minimum atomic E-state index is -0.523. The van der Waals surface area contributed by atoms with Gasteiger partial charge >= 0.3 is 0 Å². The maximum absolute atomic E-state index is 13.3. The second-order valence-electron chi connectivity index (χ2n) is 8.81. The predicted octanol–water partition coefficient (Wildman–Crippen LogP) is 6.60. The minimum Gasteiger partial charge on any atom is -0.492 e. The number of amides is 3. The van der Waals surface area contributed by atoms with Crippen molar-refractivity contribution in [3.8, 4) is 5.75 Å². The van der Waals surface area contributed by atoms with Crippen molar-refractivity contribution >= 4 is 46.9 Å². The minimum absolute atomic E-state index is 0.0191. The number of furan rings is 1. The first-order valence-corrected chi connectivity index (χ1v) is 14.1. The fourth-order valence-electron chi connectivity index (χ4n) is 3.85. The van der Waals surface area contributed by atoms with Crippen molar-refractivity contribution in [3.63, 3.8) is 0 Å². The van der Waals surface area contributed by atoms with Crippen molar-refractivity contribution in [2.24, 2.45) is 0 Å². The maximum Gasteiger partial charge on any atom is 0.272 e. The Hall–Kier alpha value is -4.76. The van der Waals surface area contributed by atoms with E-state index in [1.54, 1.807) is 66.7 Å². The van der Waals surface area contributed by atoms with Crippen LogP contribution in [-0.4, -0.2) is 29.6 Å². The number of carbonyl (C=O) groups is 3. The van der Waals surface area contributed by atoms with Gasteiger partial charge in [0.15, 0.2) is 0 Å². The number of thioether (sulfide) groups is 1. The quantitative estimate of drug-likeness (QED) is 0.131. The lowest BCUT2D eigenvalue weighted by atomic mass is 10.2. The molecule has 9 heteroatoms. The van der Waals surface area contributed by atoms with Crippen LogP contribution in [0.3, 0.4) is 0 Å². The molecule has 0 aliphatic heterocycles. The summed E-state index contributed by atoms with van der Waals surface area (Å²) in [5.41, 5.74) is 1.56. The van der Waals surface area contributed by atoms with Crippen molar-refractivity contribution in [2.75, 3.05) is 17.2 Å². The van der Waals surface area contributed by atoms with Crippen molar-refractivity contribution in [2.45, 2.75) is 30.4 Å². The Kier molecular flexibility index (Phi) is 10.4. The van der Waals surface area contributed by atoms with Crippen LogP contribution in [0.5, 0.6) is 5.75 Å². The molecule has 3 N–H and O–H groups in total. The zero-order valence-corrected chi connectivity index (χ0v) is 23.6. The Bertz CT molecular complexity index is 1500. The summed E-state index contributed by atoms with van der Waals surface area (Å²) in [5.74, 6) is -0.0664. The first-order chi connectivity index (χ1) is 20.0. The van der Waals surface area contributed by atoms with Gasteiger partial charge in [0.05, 0.1) is 23.8 Å².